The molecule has 3 aliphatic rings. The second-order valence-corrected chi connectivity index (χ2v) is 14.4. The van der Waals surface area contributed by atoms with Gasteiger partial charge in [-0.25, -0.2) is 18.7 Å². The molecule has 0 aliphatic carbocycles. The fourth-order valence-corrected chi connectivity index (χ4v) is 7.93. The summed E-state index contributed by atoms with van der Waals surface area (Å²) >= 11 is 6.19. The van der Waals surface area contributed by atoms with Crippen molar-refractivity contribution in [2.45, 2.75) is 56.1 Å². The van der Waals surface area contributed by atoms with E-state index >= 15 is 4.39 Å². The quantitative estimate of drug-likeness (QED) is 0.232. The first kappa shape index (κ1) is 32.1. The van der Waals surface area contributed by atoms with Gasteiger partial charge in [-0.05, 0) is 24.6 Å². The molecule has 3 aromatic heterocycles. The van der Waals surface area contributed by atoms with Gasteiger partial charge in [-0.1, -0.05) is 11.6 Å². The van der Waals surface area contributed by atoms with E-state index < -0.39 is 94.1 Å². The molecule has 22 heteroatoms. The largest absolute Gasteiger partial charge is 0.386 e. The topological polar surface area (TPSA) is 178 Å². The first-order valence-corrected chi connectivity index (χ1v) is 17.3. The Balaban J connectivity index is 1.17. The van der Waals surface area contributed by atoms with Crippen LogP contribution in [-0.4, -0.2) is 94.2 Å². The number of rotatable bonds is 2. The van der Waals surface area contributed by atoms with Crippen LogP contribution < -0.4 is 5.56 Å². The zero-order valence-corrected chi connectivity index (χ0v) is 26.1. The van der Waals surface area contributed by atoms with Crippen LogP contribution in [0.4, 0.5) is 8.78 Å². The summed E-state index contributed by atoms with van der Waals surface area (Å²) < 4.78 is 93.0. The monoisotopic (exact) mass is 697 g/mol. The van der Waals surface area contributed by atoms with E-state index in [4.69, 9.17) is 54.3 Å². The first-order valence-electron chi connectivity index (χ1n) is 13.7. The molecule has 0 spiro atoms. The molecule has 4 unspecified atom stereocenters. The lowest BCUT2D eigenvalue weighted by Gasteiger charge is -2.30. The van der Waals surface area contributed by atoms with Gasteiger partial charge in [0.2, 0.25) is 15.1 Å². The molecule has 3 aliphatic heterocycles. The zero-order valence-electron chi connectivity index (χ0n) is 23.5. The molecule has 15 nitrogen and oxygen atoms in total. The second kappa shape index (κ2) is 11.6. The van der Waals surface area contributed by atoms with Crippen LogP contribution in [-0.2, 0) is 36.7 Å². The van der Waals surface area contributed by atoms with Gasteiger partial charge in [-0.2, -0.15) is 0 Å². The molecule has 0 saturated carbocycles. The maximum atomic E-state index is 16.1. The highest BCUT2D eigenvalue weighted by Gasteiger charge is 2.53. The molecular weight excluding hydrogens is 675 g/mol. The third-order valence-corrected chi connectivity index (χ3v) is 10.4. The van der Waals surface area contributed by atoms with Crippen molar-refractivity contribution in [3.8, 4) is 0 Å². The molecule has 3 fully saturated rings. The zero-order chi connectivity index (χ0) is 32.7. The van der Waals surface area contributed by atoms with E-state index in [1.807, 2.05) is 0 Å². The van der Waals surface area contributed by atoms with Crippen LogP contribution in [0.2, 0.25) is 5.02 Å². The van der Waals surface area contributed by atoms with Crippen LogP contribution in [0.15, 0.2) is 35.8 Å². The van der Waals surface area contributed by atoms with E-state index in [-0.39, 0.29) is 5.65 Å². The highest BCUT2D eigenvalue weighted by atomic mass is 35.5. The molecule has 4 radical (unpaired) electrons. The molecule has 3 saturated heterocycles. The number of imidazole rings is 1. The number of nitrogens with one attached hydrogen (secondary N) is 1. The summed E-state index contributed by atoms with van der Waals surface area (Å²) in [5.41, 5.74) is 0.623. The van der Waals surface area contributed by atoms with Gasteiger partial charge in [0.25, 0.3) is 20.5 Å². The number of benzene rings is 1. The number of hydrogen-bond donors (Lipinski definition) is 2. The smallest absolute Gasteiger partial charge is 0.264 e. The number of aryl methyl sites for hydroxylation is 1. The molecule has 1 aromatic carbocycles. The van der Waals surface area contributed by atoms with Crippen LogP contribution >= 0.6 is 26.5 Å². The summed E-state index contributed by atoms with van der Waals surface area (Å²) in [6.45, 7) is 0.318. The number of H-pyrrole nitrogens is 1. The maximum absolute atomic E-state index is 16.1. The van der Waals surface area contributed by atoms with Crippen LogP contribution in [0.25, 0.3) is 22.1 Å². The van der Waals surface area contributed by atoms with Gasteiger partial charge in [-0.15, -0.1) is 0 Å². The van der Waals surface area contributed by atoms with Crippen LogP contribution in [0.3, 0.4) is 0 Å². The first-order chi connectivity index (χ1) is 21.7. The number of aromatic amines is 1. The Morgan fingerprint density at radius 3 is 2.41 bits per heavy atom. The van der Waals surface area contributed by atoms with Gasteiger partial charge in [0, 0.05) is 11.2 Å². The molecule has 0 amide bonds. The maximum Gasteiger partial charge on any atom is 0.264 e. The summed E-state index contributed by atoms with van der Waals surface area (Å²) in [5, 5.41) is 11.2. The van der Waals surface area contributed by atoms with E-state index in [0.29, 0.717) is 21.6 Å². The molecule has 6 heterocycles. The number of ether oxygens (including phenoxy) is 2. The number of hydrogen-bond acceptors (Lipinski definition) is 12. The Morgan fingerprint density at radius 1 is 1.04 bits per heavy atom. The van der Waals surface area contributed by atoms with Crippen molar-refractivity contribution in [2.24, 2.45) is 0 Å². The summed E-state index contributed by atoms with van der Waals surface area (Å²) in [7, 11) is 2.52. The molecular formula is C24H22B2ClF2N5O10P2. The van der Waals surface area contributed by atoms with Crippen molar-refractivity contribution >= 4 is 63.7 Å². The number of aliphatic hydroxyl groups is 1. The SMILES string of the molecule is [B]P1(=O)OC[C@H]2O[C@@H](n3cc(F)c4c(=O)[nH]cnc43)C(O)[C@H]2OP([B])(=O)OC[C@H]2O[C@@H](n3cnc4cc(Cl)c(C)cc43)[C@@H](F)C2O1. The summed E-state index contributed by atoms with van der Waals surface area (Å²) in [6.07, 6.45) is -9.54. The molecule has 2 N–H and O–H groups in total. The van der Waals surface area contributed by atoms with Crippen molar-refractivity contribution in [1.29, 1.82) is 0 Å². The number of aromatic nitrogens is 5. The summed E-state index contributed by atoms with van der Waals surface area (Å²) in [4.78, 5) is 22.6. The Hall–Kier alpha value is -2.43. The number of halogens is 3. The normalized spacial score (nSPS) is 37.2. The van der Waals surface area contributed by atoms with Crippen LogP contribution in [0.5, 0.6) is 0 Å². The number of fused-ring (bicyclic) bond motifs is 4. The second-order valence-electron chi connectivity index (χ2n) is 10.9. The highest BCUT2D eigenvalue weighted by molar-refractivity contribution is 7.79. The highest BCUT2D eigenvalue weighted by Crippen LogP contribution is 2.53. The minimum Gasteiger partial charge on any atom is -0.386 e. The molecule has 46 heavy (non-hydrogen) atoms. The summed E-state index contributed by atoms with van der Waals surface area (Å²) in [5.74, 6) is -0.968. The lowest BCUT2D eigenvalue weighted by atomic mass is 10.1. The van der Waals surface area contributed by atoms with Crippen molar-refractivity contribution < 1.29 is 50.6 Å². The molecule has 7 rings (SSSR count). The average molecular weight is 697 g/mol. The van der Waals surface area contributed by atoms with Gasteiger partial charge < -0.3 is 46.8 Å². The van der Waals surface area contributed by atoms with Gasteiger partial charge in [0.15, 0.2) is 30.1 Å². The third-order valence-electron chi connectivity index (χ3n) is 7.92. The molecule has 4 aromatic rings. The van der Waals surface area contributed by atoms with Crippen LogP contribution in [0.1, 0.15) is 18.0 Å². The van der Waals surface area contributed by atoms with E-state index in [9.17, 15) is 23.4 Å². The lowest BCUT2D eigenvalue weighted by molar-refractivity contribution is -0.0557. The fraction of sp³-hybridized carbons (Fsp3) is 0.458. The minimum atomic E-state index is -4.61. The standard InChI is InChI=1S/C24H22B2ClF2N5O10P2/c1-9-2-13-12(3-10(9)27)32-8-34(13)23-17(29)19-14(41-23)5-39-46(26,38)44-20-15(6-40-45(25,37)43-19)42-24(18(20)35)33-4-11(28)16-21(33)30-7-31-22(16)36/h2-4,7-8,14-15,17-20,23-24,35H,5-6H2,1H3,(H,30,31,36)/t14-,15-,17+,18?,19?,20+,23-,24-,45?,46?/m1/s1. The van der Waals surface area contributed by atoms with Crippen molar-refractivity contribution in [3.05, 3.63) is 57.7 Å². The molecule has 240 valence electrons. The van der Waals surface area contributed by atoms with Crippen LogP contribution in [0, 0.1) is 12.7 Å². The summed E-state index contributed by atoms with van der Waals surface area (Å²) in [6, 6.07) is 3.28. The third kappa shape index (κ3) is 5.60. The predicted molar refractivity (Wildman–Crippen MR) is 157 cm³/mol. The number of alkyl halides is 1. The van der Waals surface area contributed by atoms with Gasteiger partial charge in [0.05, 0.1) is 36.9 Å². The van der Waals surface area contributed by atoms with E-state index in [0.717, 1.165) is 17.1 Å². The van der Waals surface area contributed by atoms with E-state index in [1.165, 1.54) is 10.9 Å². The number of aliphatic hydroxyl groups excluding tert-OH is 1. The lowest BCUT2D eigenvalue weighted by Crippen LogP contribution is -2.38. The Kier molecular flexibility index (Phi) is 8.12. The molecule has 10 atom stereocenters. The Morgan fingerprint density at radius 2 is 1.70 bits per heavy atom. The Labute approximate surface area is 265 Å². The van der Waals surface area contributed by atoms with E-state index in [2.05, 4.69) is 15.0 Å². The van der Waals surface area contributed by atoms with Crippen molar-refractivity contribution in [2.75, 3.05) is 13.2 Å². The van der Waals surface area contributed by atoms with Crippen molar-refractivity contribution in [1.82, 2.24) is 24.1 Å². The number of nitrogens with zero attached hydrogens (tertiary/aromatic N) is 4. The van der Waals surface area contributed by atoms with E-state index in [1.54, 1.807) is 19.1 Å². The minimum absolute atomic E-state index is 0.194. The van der Waals surface area contributed by atoms with Gasteiger partial charge in [0.1, 0.15) is 35.9 Å². The average Bonchev–Trinajstić information content (AvgIpc) is 3.71. The Bertz CT molecular complexity index is 2000. The van der Waals surface area contributed by atoms with Gasteiger partial charge >= 0.3 is 0 Å². The van der Waals surface area contributed by atoms with Crippen molar-refractivity contribution in [3.63, 3.8) is 0 Å². The van der Waals surface area contributed by atoms with Gasteiger partial charge in [-0.3, -0.25) is 13.9 Å². The fourth-order valence-electron chi connectivity index (χ4n) is 5.75. The predicted octanol–water partition coefficient (Wildman–Crippen LogP) is 2.74. The molecule has 0 bridgehead atoms.